The largest absolute Gasteiger partial charge is 0.612 e. The van der Waals surface area contributed by atoms with Crippen molar-refractivity contribution < 1.29 is 33.6 Å². The Labute approximate surface area is 201 Å². The number of carbonyl (C=O) groups is 2. The van der Waals surface area contributed by atoms with Crippen LogP contribution in [0.15, 0.2) is 64.2 Å². The van der Waals surface area contributed by atoms with Crippen LogP contribution in [0.4, 0.5) is 5.69 Å². The summed E-state index contributed by atoms with van der Waals surface area (Å²) in [5.74, 6) is -1.52. The molecule has 2 aromatic carbocycles. The van der Waals surface area contributed by atoms with Gasteiger partial charge < -0.3 is 19.1 Å². The Bertz CT molecular complexity index is 1150. The second-order valence-corrected chi connectivity index (χ2v) is 10.1. The van der Waals surface area contributed by atoms with Crippen molar-refractivity contribution in [2.75, 3.05) is 6.26 Å². The van der Waals surface area contributed by atoms with Gasteiger partial charge in [0, 0.05) is 12.1 Å². The quantitative estimate of drug-likeness (QED) is 0.189. The Balaban J connectivity index is 1.54. The van der Waals surface area contributed by atoms with Gasteiger partial charge in [-0.15, -0.1) is 0 Å². The zero-order valence-corrected chi connectivity index (χ0v) is 19.7. The van der Waals surface area contributed by atoms with E-state index < -0.39 is 45.4 Å². The van der Waals surface area contributed by atoms with E-state index in [1.165, 1.54) is 36.1 Å². The highest BCUT2D eigenvalue weighted by molar-refractivity contribution is 8.03. The first kappa shape index (κ1) is 24.1. The van der Waals surface area contributed by atoms with Crippen molar-refractivity contribution in [2.24, 2.45) is 5.92 Å². The molecule has 0 saturated carbocycles. The number of aliphatic hydroxyl groups excluding tert-OH is 1. The van der Waals surface area contributed by atoms with Gasteiger partial charge in [0.2, 0.25) is 5.91 Å². The topological polar surface area (TPSA) is 142 Å². The number of carbonyl (C=O) groups excluding carboxylic acids is 2. The number of aliphatic hydroxyl groups is 1. The minimum absolute atomic E-state index is 0.0676. The molecule has 1 fully saturated rings. The third-order valence-corrected chi connectivity index (χ3v) is 7.51. The van der Waals surface area contributed by atoms with Gasteiger partial charge in [0.05, 0.1) is 16.9 Å². The number of esters is 1. The van der Waals surface area contributed by atoms with Gasteiger partial charge in [-0.3, -0.25) is 19.8 Å². The van der Waals surface area contributed by atoms with Crippen LogP contribution in [0.5, 0.6) is 5.75 Å². The summed E-state index contributed by atoms with van der Waals surface area (Å²) in [4.78, 5) is 37.8. The number of rotatable bonds is 8. The maximum absolute atomic E-state index is 13.0. The number of non-ortho nitro benzene ring substituents is 1. The standard InChI is InChI=1S/C22H20N2O8S2/c1-12(25)17-19(26)23-18(21(27)31-11-13-3-5-14(6-4-13)24(28)29)22(33-20(17)23)32-15-7-9-16(10-8-15)34(2)30/h3-10,12,17,20,25H,11H2,1-2H3/t12-,17+,20-,34?/m1/s1. The molecule has 0 aliphatic carbocycles. The first-order valence-corrected chi connectivity index (χ1v) is 12.5. The lowest BCUT2D eigenvalue weighted by atomic mass is 9.92. The van der Waals surface area contributed by atoms with E-state index in [4.69, 9.17) is 9.47 Å². The predicted octanol–water partition coefficient (Wildman–Crippen LogP) is 2.54. The third-order valence-electron chi connectivity index (χ3n) is 5.34. The lowest BCUT2D eigenvalue weighted by Gasteiger charge is -2.43. The van der Waals surface area contributed by atoms with Crippen LogP contribution < -0.4 is 4.74 Å². The molecule has 2 heterocycles. The molecule has 0 radical (unpaired) electrons. The molecule has 4 rings (SSSR count). The molecule has 1 saturated heterocycles. The second kappa shape index (κ2) is 9.66. The second-order valence-electron chi connectivity index (χ2n) is 7.65. The molecule has 178 valence electrons. The van der Waals surface area contributed by atoms with Crippen LogP contribution in [0.3, 0.4) is 0 Å². The van der Waals surface area contributed by atoms with E-state index in [1.807, 2.05) is 0 Å². The number of hydrogen-bond acceptors (Lipinski definition) is 9. The smallest absolute Gasteiger partial charge is 0.359 e. The number of fused-ring (bicyclic) bond motifs is 1. The zero-order valence-electron chi connectivity index (χ0n) is 18.1. The van der Waals surface area contributed by atoms with E-state index in [0.717, 1.165) is 11.8 Å². The average molecular weight is 505 g/mol. The third kappa shape index (κ3) is 4.62. The molecule has 1 unspecified atom stereocenters. The zero-order chi connectivity index (χ0) is 24.6. The normalized spacial score (nSPS) is 20.9. The van der Waals surface area contributed by atoms with Gasteiger partial charge in [-0.05, 0) is 60.1 Å². The van der Waals surface area contributed by atoms with E-state index in [-0.39, 0.29) is 23.1 Å². The summed E-state index contributed by atoms with van der Waals surface area (Å²) in [7, 11) is 0. The number of β-lactam (4-membered cyclic amide) rings is 1. The number of thioether (sulfide) groups is 1. The molecular weight excluding hydrogens is 484 g/mol. The highest BCUT2D eigenvalue weighted by atomic mass is 32.2. The number of hydrogen-bond donors (Lipinski definition) is 1. The maximum atomic E-state index is 13.0. The lowest BCUT2D eigenvalue weighted by molar-refractivity contribution is -0.384. The molecule has 4 atom stereocenters. The van der Waals surface area contributed by atoms with Gasteiger partial charge in [-0.2, -0.15) is 0 Å². The number of nitro groups is 1. The van der Waals surface area contributed by atoms with Crippen LogP contribution >= 0.6 is 11.8 Å². The van der Waals surface area contributed by atoms with Gasteiger partial charge in [0.1, 0.15) is 24.0 Å². The highest BCUT2D eigenvalue weighted by Gasteiger charge is 2.58. The number of ether oxygens (including phenoxy) is 2. The van der Waals surface area contributed by atoms with Crippen LogP contribution in [0.1, 0.15) is 12.5 Å². The molecular formula is C22H20N2O8S2. The van der Waals surface area contributed by atoms with Gasteiger partial charge in [0.25, 0.3) is 5.69 Å². The number of benzene rings is 2. The predicted molar refractivity (Wildman–Crippen MR) is 123 cm³/mol. The van der Waals surface area contributed by atoms with Crippen LogP contribution in [-0.4, -0.2) is 49.1 Å². The summed E-state index contributed by atoms with van der Waals surface area (Å²) >= 11 is -0.0259. The Morgan fingerprint density at radius 2 is 1.88 bits per heavy atom. The fourth-order valence-electron chi connectivity index (χ4n) is 3.55. The molecule has 0 spiro atoms. The summed E-state index contributed by atoms with van der Waals surface area (Å²) in [6, 6.07) is 12.0. The SMILES string of the molecule is C[C@@H](O)[C@H]1C(=O)N2C(C(=O)OCc3ccc([N+](=O)[O-])cc3)=C(Oc3ccc([S+](C)[O-])cc3)S[C@H]12. The van der Waals surface area contributed by atoms with E-state index >= 15 is 0 Å². The van der Waals surface area contributed by atoms with Gasteiger partial charge >= 0.3 is 5.97 Å². The average Bonchev–Trinajstić information content (AvgIpc) is 3.11. The molecule has 0 aromatic heterocycles. The molecule has 12 heteroatoms. The molecule has 0 bridgehead atoms. The fraction of sp³-hybridized carbons (Fsp3) is 0.273. The Hall–Kier alpha value is -3.06. The molecule has 34 heavy (non-hydrogen) atoms. The fourth-order valence-corrected chi connectivity index (χ4v) is 5.53. The molecule has 10 nitrogen and oxygen atoms in total. The van der Waals surface area contributed by atoms with E-state index in [2.05, 4.69) is 0 Å². The first-order chi connectivity index (χ1) is 16.2. The Kier molecular flexibility index (Phi) is 6.84. The van der Waals surface area contributed by atoms with Crippen LogP contribution in [-0.2, 0) is 32.1 Å². The summed E-state index contributed by atoms with van der Waals surface area (Å²) in [5.41, 5.74) is 0.378. The summed E-state index contributed by atoms with van der Waals surface area (Å²) < 4.78 is 22.9. The Morgan fingerprint density at radius 1 is 1.24 bits per heavy atom. The van der Waals surface area contributed by atoms with Gasteiger partial charge in [-0.25, -0.2) is 4.79 Å². The van der Waals surface area contributed by atoms with Crippen molar-refractivity contribution in [1.82, 2.24) is 4.90 Å². The monoisotopic (exact) mass is 504 g/mol. The van der Waals surface area contributed by atoms with Gasteiger partial charge in [-0.1, -0.05) is 11.8 Å². The molecule has 2 aliphatic heterocycles. The Morgan fingerprint density at radius 3 is 2.44 bits per heavy atom. The number of amides is 1. The first-order valence-electron chi connectivity index (χ1n) is 10.1. The van der Waals surface area contributed by atoms with Crippen molar-refractivity contribution in [3.63, 3.8) is 0 Å². The van der Waals surface area contributed by atoms with Gasteiger partial charge in [0.15, 0.2) is 15.7 Å². The highest BCUT2D eigenvalue weighted by Crippen LogP contribution is 2.51. The number of nitro benzene ring substituents is 1. The van der Waals surface area contributed by atoms with E-state index in [0.29, 0.717) is 16.2 Å². The number of nitrogens with zero attached hydrogens (tertiary/aromatic N) is 2. The summed E-state index contributed by atoms with van der Waals surface area (Å²) in [6.45, 7) is 1.34. The van der Waals surface area contributed by atoms with Crippen molar-refractivity contribution in [2.45, 2.75) is 29.9 Å². The van der Waals surface area contributed by atoms with Crippen molar-refractivity contribution in [3.05, 3.63) is 75.0 Å². The summed E-state index contributed by atoms with van der Waals surface area (Å²) in [6.07, 6.45) is 0.647. The lowest BCUT2D eigenvalue weighted by Crippen LogP contribution is -2.60. The summed E-state index contributed by atoms with van der Waals surface area (Å²) in [5, 5.41) is 20.4. The minimum Gasteiger partial charge on any atom is -0.612 e. The molecule has 2 aliphatic rings. The van der Waals surface area contributed by atoms with Crippen LogP contribution in [0, 0.1) is 16.0 Å². The van der Waals surface area contributed by atoms with Crippen LogP contribution in [0.2, 0.25) is 0 Å². The molecule has 1 amide bonds. The van der Waals surface area contributed by atoms with E-state index in [1.54, 1.807) is 30.5 Å². The van der Waals surface area contributed by atoms with E-state index in [9.17, 15) is 29.4 Å². The van der Waals surface area contributed by atoms with Crippen molar-refractivity contribution in [3.8, 4) is 5.75 Å². The minimum atomic E-state index is -1.16. The van der Waals surface area contributed by atoms with Crippen molar-refractivity contribution >= 4 is 40.5 Å². The molecule has 1 N–H and O–H groups in total. The van der Waals surface area contributed by atoms with Crippen LogP contribution in [0.25, 0.3) is 0 Å². The van der Waals surface area contributed by atoms with Crippen molar-refractivity contribution in [1.29, 1.82) is 0 Å². The molecule has 2 aromatic rings. The maximum Gasteiger partial charge on any atom is 0.359 e.